The number of pyridine rings is 1. The van der Waals surface area contributed by atoms with Gasteiger partial charge in [-0.15, -0.1) is 0 Å². The number of hydrogen-bond acceptors (Lipinski definition) is 5. The van der Waals surface area contributed by atoms with Gasteiger partial charge in [0.2, 0.25) is 0 Å². The molecule has 0 saturated carbocycles. The van der Waals surface area contributed by atoms with Crippen molar-refractivity contribution in [2.45, 2.75) is 32.9 Å². The molecule has 0 saturated heterocycles. The third kappa shape index (κ3) is 4.30. The second kappa shape index (κ2) is 9.65. The van der Waals surface area contributed by atoms with Gasteiger partial charge in [-0.25, -0.2) is 13.8 Å². The van der Waals surface area contributed by atoms with Crippen LogP contribution in [0.5, 0.6) is 5.75 Å². The van der Waals surface area contributed by atoms with Crippen LogP contribution in [-0.2, 0) is 22.6 Å². The monoisotopic (exact) mass is 505 g/mol. The minimum atomic E-state index is -0.709. The third-order valence-corrected chi connectivity index (χ3v) is 6.84. The number of amides is 1. The number of carbonyl (C=O) groups excluding carboxylic acids is 2. The first-order valence-electron chi connectivity index (χ1n) is 11.8. The van der Waals surface area contributed by atoms with Crippen LogP contribution in [-0.4, -0.2) is 28.4 Å². The lowest BCUT2D eigenvalue weighted by Gasteiger charge is -2.20. The normalized spacial score (nSPS) is 16.5. The van der Waals surface area contributed by atoms with Crippen LogP contribution in [0.2, 0.25) is 0 Å². The standard InChI is InChI=1S/C28H25F2N3O4/c1-15-7-4-8-17-18(15)13-19(28(35)36-3)24(17)32-27(34)25-16(2)31-26-23(11-6-12-33(25)26)37-14-20-21(29)9-5-10-22(20)30/h4-12,19,24H,13-14H2,1-3H3,(H,32,34)/t19-,24-/m1/s1. The van der Waals surface area contributed by atoms with Crippen LogP contribution in [0.15, 0.2) is 54.7 Å². The highest BCUT2D eigenvalue weighted by atomic mass is 19.1. The van der Waals surface area contributed by atoms with Crippen molar-refractivity contribution in [3.05, 3.63) is 100 Å². The quantitative estimate of drug-likeness (QED) is 0.387. The molecule has 2 aromatic carbocycles. The fourth-order valence-corrected chi connectivity index (χ4v) is 4.97. The number of methoxy groups -OCH3 is 1. The van der Waals surface area contributed by atoms with Crippen LogP contribution < -0.4 is 10.1 Å². The van der Waals surface area contributed by atoms with Crippen molar-refractivity contribution in [1.29, 1.82) is 0 Å². The highest BCUT2D eigenvalue weighted by Crippen LogP contribution is 2.39. The Morgan fingerprint density at radius 3 is 2.54 bits per heavy atom. The Hall–Kier alpha value is -4.27. The van der Waals surface area contributed by atoms with E-state index in [0.29, 0.717) is 17.8 Å². The van der Waals surface area contributed by atoms with Crippen LogP contribution >= 0.6 is 0 Å². The van der Waals surface area contributed by atoms with E-state index in [-0.39, 0.29) is 23.6 Å². The number of aryl methyl sites for hydroxylation is 2. The first kappa shape index (κ1) is 24.4. The van der Waals surface area contributed by atoms with Gasteiger partial charge >= 0.3 is 5.97 Å². The smallest absolute Gasteiger partial charge is 0.311 e. The molecule has 0 radical (unpaired) electrons. The minimum Gasteiger partial charge on any atom is -0.485 e. The Balaban J connectivity index is 1.46. The zero-order valence-corrected chi connectivity index (χ0v) is 20.5. The first-order valence-corrected chi connectivity index (χ1v) is 11.8. The van der Waals surface area contributed by atoms with Gasteiger partial charge in [-0.2, -0.15) is 0 Å². The molecule has 2 aromatic heterocycles. The molecular formula is C28H25F2N3O4. The second-order valence-electron chi connectivity index (χ2n) is 9.03. The van der Waals surface area contributed by atoms with Crippen LogP contribution in [0.3, 0.4) is 0 Å². The molecule has 190 valence electrons. The Kier molecular flexibility index (Phi) is 6.37. The summed E-state index contributed by atoms with van der Waals surface area (Å²) in [6.45, 7) is 3.32. The van der Waals surface area contributed by atoms with E-state index in [9.17, 15) is 18.4 Å². The minimum absolute atomic E-state index is 0.199. The molecule has 4 aromatic rings. The maximum absolute atomic E-state index is 14.1. The fraction of sp³-hybridized carbons (Fsp3) is 0.250. The van der Waals surface area contributed by atoms with E-state index in [1.54, 1.807) is 29.7 Å². The van der Waals surface area contributed by atoms with E-state index in [1.165, 1.54) is 13.2 Å². The van der Waals surface area contributed by atoms with Crippen molar-refractivity contribution in [1.82, 2.24) is 14.7 Å². The Morgan fingerprint density at radius 2 is 1.81 bits per heavy atom. The summed E-state index contributed by atoms with van der Waals surface area (Å²) in [5, 5.41) is 3.01. The highest BCUT2D eigenvalue weighted by molar-refractivity contribution is 5.95. The summed E-state index contributed by atoms with van der Waals surface area (Å²) < 4.78 is 40.4. The molecule has 7 nitrogen and oxygen atoms in total. The average Bonchev–Trinajstić information content (AvgIpc) is 3.41. The SMILES string of the molecule is COC(=O)[C@@H]1Cc2c(C)cccc2[C@H]1NC(=O)c1c(C)nc2c(OCc3c(F)cccc3F)cccn12. The number of imidazole rings is 1. The van der Waals surface area contributed by atoms with Crippen molar-refractivity contribution in [2.24, 2.45) is 5.92 Å². The van der Waals surface area contributed by atoms with Gasteiger partial charge in [-0.05, 0) is 61.2 Å². The Morgan fingerprint density at radius 1 is 1.08 bits per heavy atom. The average molecular weight is 506 g/mol. The lowest BCUT2D eigenvalue weighted by Crippen LogP contribution is -2.35. The molecule has 37 heavy (non-hydrogen) atoms. The number of aromatic nitrogens is 2. The number of fused-ring (bicyclic) bond motifs is 2. The molecule has 0 bridgehead atoms. The lowest BCUT2D eigenvalue weighted by molar-refractivity contribution is -0.146. The van der Waals surface area contributed by atoms with E-state index in [1.807, 2.05) is 25.1 Å². The van der Waals surface area contributed by atoms with Gasteiger partial charge < -0.3 is 14.8 Å². The van der Waals surface area contributed by atoms with E-state index in [2.05, 4.69) is 10.3 Å². The predicted octanol–water partition coefficient (Wildman–Crippen LogP) is 4.62. The molecule has 0 fully saturated rings. The zero-order valence-electron chi connectivity index (χ0n) is 20.5. The van der Waals surface area contributed by atoms with Gasteiger partial charge in [-0.3, -0.25) is 14.0 Å². The Labute approximate surface area is 212 Å². The predicted molar refractivity (Wildman–Crippen MR) is 131 cm³/mol. The molecule has 1 aliphatic carbocycles. The summed E-state index contributed by atoms with van der Waals surface area (Å²) in [7, 11) is 1.33. The molecule has 5 rings (SSSR count). The van der Waals surface area contributed by atoms with E-state index in [0.717, 1.165) is 28.8 Å². The Bertz CT molecular complexity index is 1510. The number of nitrogens with zero attached hydrogens (tertiary/aromatic N) is 2. The largest absolute Gasteiger partial charge is 0.485 e. The molecule has 2 heterocycles. The molecule has 2 atom stereocenters. The van der Waals surface area contributed by atoms with Gasteiger partial charge in [0.15, 0.2) is 11.4 Å². The summed E-state index contributed by atoms with van der Waals surface area (Å²) in [5.41, 5.74) is 3.77. The van der Waals surface area contributed by atoms with E-state index < -0.39 is 35.5 Å². The molecule has 0 spiro atoms. The summed E-state index contributed by atoms with van der Waals surface area (Å²) in [4.78, 5) is 30.6. The van der Waals surface area contributed by atoms with Gasteiger partial charge in [0, 0.05) is 6.20 Å². The molecule has 0 unspecified atom stereocenters. The molecule has 1 amide bonds. The van der Waals surface area contributed by atoms with Gasteiger partial charge in [-0.1, -0.05) is 24.3 Å². The molecule has 1 aliphatic rings. The second-order valence-corrected chi connectivity index (χ2v) is 9.03. The summed E-state index contributed by atoms with van der Waals surface area (Å²) in [5.74, 6) is -2.53. The van der Waals surface area contributed by atoms with Crippen LogP contribution in [0.1, 0.15) is 44.5 Å². The number of rotatable bonds is 6. The number of esters is 1. The topological polar surface area (TPSA) is 81.9 Å². The van der Waals surface area contributed by atoms with Crippen molar-refractivity contribution < 1.29 is 27.8 Å². The van der Waals surface area contributed by atoms with Crippen LogP contribution in [0, 0.1) is 31.4 Å². The molecule has 0 aliphatic heterocycles. The molecule has 1 N–H and O–H groups in total. The van der Waals surface area contributed by atoms with Crippen molar-refractivity contribution >= 4 is 17.5 Å². The van der Waals surface area contributed by atoms with Crippen molar-refractivity contribution in [2.75, 3.05) is 7.11 Å². The fourth-order valence-electron chi connectivity index (χ4n) is 4.97. The summed E-state index contributed by atoms with van der Waals surface area (Å²) >= 11 is 0. The molecule has 9 heteroatoms. The van der Waals surface area contributed by atoms with Crippen molar-refractivity contribution in [3.63, 3.8) is 0 Å². The van der Waals surface area contributed by atoms with Gasteiger partial charge in [0.05, 0.1) is 30.3 Å². The zero-order chi connectivity index (χ0) is 26.3. The van der Waals surface area contributed by atoms with Crippen molar-refractivity contribution in [3.8, 4) is 5.75 Å². The highest BCUT2D eigenvalue weighted by Gasteiger charge is 2.40. The third-order valence-electron chi connectivity index (χ3n) is 6.84. The molecular weight excluding hydrogens is 480 g/mol. The number of hydrogen-bond donors (Lipinski definition) is 1. The number of nitrogens with one attached hydrogen (secondary N) is 1. The van der Waals surface area contributed by atoms with Crippen LogP contribution in [0.25, 0.3) is 5.65 Å². The maximum atomic E-state index is 14.1. The summed E-state index contributed by atoms with van der Waals surface area (Å²) in [6.07, 6.45) is 2.13. The number of benzene rings is 2. The van der Waals surface area contributed by atoms with E-state index >= 15 is 0 Å². The van der Waals surface area contributed by atoms with Crippen LogP contribution in [0.4, 0.5) is 8.78 Å². The van der Waals surface area contributed by atoms with Gasteiger partial charge in [0.1, 0.15) is 23.9 Å². The number of carbonyl (C=O) groups is 2. The number of ether oxygens (including phenoxy) is 2. The van der Waals surface area contributed by atoms with Gasteiger partial charge in [0.25, 0.3) is 5.91 Å². The maximum Gasteiger partial charge on any atom is 0.311 e. The lowest BCUT2D eigenvalue weighted by atomic mass is 10.0. The van der Waals surface area contributed by atoms with E-state index in [4.69, 9.17) is 9.47 Å². The first-order chi connectivity index (χ1) is 17.8. The summed E-state index contributed by atoms with van der Waals surface area (Å²) in [6, 6.07) is 12.1. The number of halogens is 2.